The van der Waals surface area contributed by atoms with Gasteiger partial charge in [-0.05, 0) is 12.1 Å². The lowest BCUT2D eigenvalue weighted by molar-refractivity contribution is -0.00569. The summed E-state index contributed by atoms with van der Waals surface area (Å²) in [6.07, 6.45) is 1.44. The van der Waals surface area contributed by atoms with Gasteiger partial charge in [0.15, 0.2) is 5.82 Å². The van der Waals surface area contributed by atoms with Crippen LogP contribution in [0.2, 0.25) is 0 Å². The quantitative estimate of drug-likeness (QED) is 0.771. The Labute approximate surface area is 148 Å². The second-order valence-corrected chi connectivity index (χ2v) is 6.49. The molecule has 3 aromatic rings. The molecule has 2 aromatic heterocycles. The van der Waals surface area contributed by atoms with Gasteiger partial charge in [0, 0.05) is 12.5 Å². The number of hydrogen-bond donors (Lipinski definition) is 1. The number of nitrogens with one attached hydrogen (secondary N) is 1. The Balaban J connectivity index is 1.71. The average molecular weight is 359 g/mol. The Hall–Kier alpha value is -2.81. The van der Waals surface area contributed by atoms with Crippen LogP contribution < -0.4 is 0 Å². The van der Waals surface area contributed by atoms with Crippen LogP contribution in [-0.4, -0.2) is 50.7 Å². The average Bonchev–Trinajstić information content (AvgIpc) is 3.29. The van der Waals surface area contributed by atoms with Gasteiger partial charge in [0.05, 0.1) is 30.6 Å². The lowest BCUT2D eigenvalue weighted by Gasteiger charge is -2.33. The van der Waals surface area contributed by atoms with Crippen molar-refractivity contribution in [3.8, 4) is 0 Å². The van der Waals surface area contributed by atoms with Crippen LogP contribution in [0.15, 0.2) is 23.0 Å². The van der Waals surface area contributed by atoms with E-state index in [0.29, 0.717) is 35.9 Å². The zero-order valence-corrected chi connectivity index (χ0v) is 14.4. The smallest absolute Gasteiger partial charge is 0.257 e. The van der Waals surface area contributed by atoms with Crippen molar-refractivity contribution in [1.29, 1.82) is 0 Å². The van der Waals surface area contributed by atoms with Crippen LogP contribution in [0.1, 0.15) is 47.9 Å². The van der Waals surface area contributed by atoms with Crippen molar-refractivity contribution < 1.29 is 18.4 Å². The van der Waals surface area contributed by atoms with Crippen LogP contribution in [0.5, 0.6) is 0 Å². The van der Waals surface area contributed by atoms with Crippen molar-refractivity contribution in [3.05, 3.63) is 41.6 Å². The number of ether oxygens (including phenoxy) is 1. The van der Waals surface area contributed by atoms with Crippen LogP contribution in [0.25, 0.3) is 11.0 Å². The first-order chi connectivity index (χ1) is 12.5. The monoisotopic (exact) mass is 359 g/mol. The highest BCUT2D eigenvalue weighted by Crippen LogP contribution is 2.27. The molecule has 0 radical (unpaired) electrons. The summed E-state index contributed by atoms with van der Waals surface area (Å²) < 4.78 is 24.7. The van der Waals surface area contributed by atoms with Crippen molar-refractivity contribution in [2.24, 2.45) is 0 Å². The van der Waals surface area contributed by atoms with Crippen LogP contribution in [0.4, 0.5) is 4.39 Å². The number of imidazole rings is 1. The number of carbonyl (C=O) groups excluding carboxylic acids is 1. The van der Waals surface area contributed by atoms with E-state index in [-0.39, 0.29) is 24.0 Å². The SMILES string of the molecule is CC(C)c1nc([C@H]2COCCN2C(=O)c2cc(F)cc3[nH]cnc23)no1. The van der Waals surface area contributed by atoms with Crippen molar-refractivity contribution in [2.75, 3.05) is 19.8 Å². The highest BCUT2D eigenvalue weighted by molar-refractivity contribution is 6.05. The Bertz CT molecular complexity index is 951. The second kappa shape index (κ2) is 6.49. The molecule has 1 amide bonds. The van der Waals surface area contributed by atoms with Gasteiger partial charge >= 0.3 is 0 Å². The van der Waals surface area contributed by atoms with Crippen molar-refractivity contribution in [2.45, 2.75) is 25.8 Å². The first-order valence-electron chi connectivity index (χ1n) is 8.39. The summed E-state index contributed by atoms with van der Waals surface area (Å²) in [5.74, 6) is 0.119. The second-order valence-electron chi connectivity index (χ2n) is 6.49. The van der Waals surface area contributed by atoms with Crippen LogP contribution in [-0.2, 0) is 4.74 Å². The zero-order chi connectivity index (χ0) is 18.3. The molecule has 9 heteroatoms. The summed E-state index contributed by atoms with van der Waals surface area (Å²) in [7, 11) is 0. The molecule has 4 rings (SSSR count). The summed E-state index contributed by atoms with van der Waals surface area (Å²) in [5, 5.41) is 4.00. The van der Waals surface area contributed by atoms with Crippen molar-refractivity contribution in [3.63, 3.8) is 0 Å². The lowest BCUT2D eigenvalue weighted by atomic mass is 10.1. The number of H-pyrrole nitrogens is 1. The first kappa shape index (κ1) is 16.6. The predicted octanol–water partition coefficient (Wildman–Crippen LogP) is 2.42. The van der Waals surface area contributed by atoms with Gasteiger partial charge in [0.25, 0.3) is 5.91 Å². The van der Waals surface area contributed by atoms with E-state index >= 15 is 0 Å². The highest BCUT2D eigenvalue weighted by Gasteiger charge is 2.34. The third-order valence-electron chi connectivity index (χ3n) is 4.36. The number of nitrogens with zero attached hydrogens (tertiary/aromatic N) is 4. The molecule has 0 aliphatic carbocycles. The number of morpholine rings is 1. The first-order valence-corrected chi connectivity index (χ1v) is 8.39. The van der Waals surface area contributed by atoms with Crippen LogP contribution >= 0.6 is 0 Å². The number of fused-ring (bicyclic) bond motifs is 1. The van der Waals surface area contributed by atoms with Crippen LogP contribution in [0.3, 0.4) is 0 Å². The maximum Gasteiger partial charge on any atom is 0.257 e. The minimum absolute atomic E-state index is 0.0804. The highest BCUT2D eigenvalue weighted by atomic mass is 19.1. The van der Waals surface area contributed by atoms with Gasteiger partial charge in [-0.3, -0.25) is 4.79 Å². The van der Waals surface area contributed by atoms with E-state index in [2.05, 4.69) is 20.1 Å². The molecule has 1 aromatic carbocycles. The van der Waals surface area contributed by atoms with Gasteiger partial charge in [0.2, 0.25) is 5.89 Å². The number of carbonyl (C=O) groups is 1. The number of halogens is 1. The normalized spacial score (nSPS) is 18.0. The number of benzene rings is 1. The number of amides is 1. The summed E-state index contributed by atoms with van der Waals surface area (Å²) in [4.78, 5) is 26.1. The molecule has 26 heavy (non-hydrogen) atoms. The van der Waals surface area contributed by atoms with E-state index in [1.165, 1.54) is 18.5 Å². The summed E-state index contributed by atoms with van der Waals surface area (Å²) in [6.45, 7) is 4.87. The summed E-state index contributed by atoms with van der Waals surface area (Å²) in [5.41, 5.74) is 1.10. The van der Waals surface area contributed by atoms with Gasteiger partial charge in [-0.1, -0.05) is 19.0 Å². The van der Waals surface area contributed by atoms with E-state index in [1.807, 2.05) is 13.8 Å². The van der Waals surface area contributed by atoms with Gasteiger partial charge in [0.1, 0.15) is 17.4 Å². The van der Waals surface area contributed by atoms with Gasteiger partial charge in [-0.15, -0.1) is 0 Å². The molecule has 1 atom stereocenters. The topological polar surface area (TPSA) is 97.1 Å². The Morgan fingerprint density at radius 2 is 2.27 bits per heavy atom. The van der Waals surface area contributed by atoms with E-state index in [9.17, 15) is 9.18 Å². The van der Waals surface area contributed by atoms with Crippen LogP contribution in [0, 0.1) is 5.82 Å². The zero-order valence-electron chi connectivity index (χ0n) is 14.4. The third kappa shape index (κ3) is 2.84. The molecule has 0 unspecified atom stereocenters. The number of aromatic amines is 1. The number of rotatable bonds is 3. The predicted molar refractivity (Wildman–Crippen MR) is 89.0 cm³/mol. The summed E-state index contributed by atoms with van der Waals surface area (Å²) >= 11 is 0. The molecule has 0 saturated carbocycles. The number of hydrogen-bond acceptors (Lipinski definition) is 6. The van der Waals surface area contributed by atoms with Crippen molar-refractivity contribution in [1.82, 2.24) is 25.0 Å². The molecule has 3 heterocycles. The van der Waals surface area contributed by atoms with Crippen molar-refractivity contribution >= 4 is 16.9 Å². The minimum Gasteiger partial charge on any atom is -0.377 e. The summed E-state index contributed by atoms with van der Waals surface area (Å²) in [6, 6.07) is 2.02. The molecule has 1 fully saturated rings. The van der Waals surface area contributed by atoms with Gasteiger partial charge in [-0.2, -0.15) is 4.98 Å². The molecule has 0 bridgehead atoms. The van der Waals surface area contributed by atoms with Gasteiger partial charge < -0.3 is 19.1 Å². The van der Waals surface area contributed by atoms with E-state index in [0.717, 1.165) is 0 Å². The molecule has 1 aliphatic rings. The maximum atomic E-state index is 13.9. The molecule has 136 valence electrons. The fourth-order valence-corrected chi connectivity index (χ4v) is 3.01. The van der Waals surface area contributed by atoms with E-state index in [4.69, 9.17) is 9.26 Å². The Kier molecular flexibility index (Phi) is 4.15. The molecular weight excluding hydrogens is 341 g/mol. The lowest BCUT2D eigenvalue weighted by Crippen LogP contribution is -2.44. The molecule has 1 N–H and O–H groups in total. The number of aromatic nitrogens is 4. The Morgan fingerprint density at radius 3 is 3.04 bits per heavy atom. The molecule has 0 spiro atoms. The maximum absolute atomic E-state index is 13.9. The van der Waals surface area contributed by atoms with E-state index in [1.54, 1.807) is 4.90 Å². The minimum atomic E-state index is -0.503. The van der Waals surface area contributed by atoms with E-state index < -0.39 is 11.9 Å². The van der Waals surface area contributed by atoms with Gasteiger partial charge in [-0.25, -0.2) is 9.37 Å². The molecule has 1 saturated heterocycles. The Morgan fingerprint density at radius 1 is 1.42 bits per heavy atom. The third-order valence-corrected chi connectivity index (χ3v) is 4.36. The largest absolute Gasteiger partial charge is 0.377 e. The standard InChI is InChI=1S/C17H18FN5O3/c1-9(2)16-21-15(22-26-16)13-7-25-4-3-23(13)17(24)11-5-10(18)6-12-14(11)20-8-19-12/h5-6,8-9,13H,3-4,7H2,1-2H3,(H,19,20)/t13-/m1/s1. The molecular formula is C17H18FN5O3. The fraction of sp³-hybridized carbons (Fsp3) is 0.412. The molecule has 8 nitrogen and oxygen atoms in total. The molecule has 1 aliphatic heterocycles. The fourth-order valence-electron chi connectivity index (χ4n) is 3.01.